The van der Waals surface area contributed by atoms with Gasteiger partial charge in [-0.2, -0.15) is 9.61 Å². The smallest absolute Gasteiger partial charge is 0.171 e. The topological polar surface area (TPSA) is 80.3 Å². The molecule has 0 radical (unpaired) electrons. The fourth-order valence-electron chi connectivity index (χ4n) is 3.24. The lowest BCUT2D eigenvalue weighted by molar-refractivity contribution is 0.271. The van der Waals surface area contributed by atoms with Crippen LogP contribution in [0.25, 0.3) is 17.0 Å². The molecule has 0 aliphatic carbocycles. The third-order valence-corrected chi connectivity index (χ3v) is 6.23. The third kappa shape index (κ3) is 3.86. The average Bonchev–Trinajstić information content (AvgIpc) is 3.29. The van der Waals surface area contributed by atoms with Crippen LogP contribution in [0.15, 0.2) is 42.7 Å². The van der Waals surface area contributed by atoms with Gasteiger partial charge in [0.15, 0.2) is 5.65 Å². The fourth-order valence-corrected chi connectivity index (χ4v) is 3.70. The van der Waals surface area contributed by atoms with Crippen LogP contribution in [0.4, 0.5) is 5.82 Å². The summed E-state index contributed by atoms with van der Waals surface area (Å²) >= 11 is 2.27. The SMILES string of the molecule is Cc1nn2c(NCc3cccc(-c4nccn4C)c3)cc(C(C)CO)nc2c1I. The molecule has 0 aliphatic heterocycles. The Hall–Kier alpha value is -2.46. The number of anilines is 1. The summed E-state index contributed by atoms with van der Waals surface area (Å²) in [5.74, 6) is 1.76. The van der Waals surface area contributed by atoms with E-state index >= 15 is 0 Å². The minimum atomic E-state index is -0.0432. The van der Waals surface area contributed by atoms with Gasteiger partial charge in [0.2, 0.25) is 0 Å². The molecular formula is C21H23IN6O. The molecule has 29 heavy (non-hydrogen) atoms. The number of aliphatic hydroxyl groups excluding tert-OH is 1. The first-order valence-corrected chi connectivity index (χ1v) is 10.5. The molecule has 0 bridgehead atoms. The van der Waals surface area contributed by atoms with Crippen molar-refractivity contribution in [1.29, 1.82) is 0 Å². The van der Waals surface area contributed by atoms with Gasteiger partial charge in [-0.15, -0.1) is 0 Å². The second-order valence-corrected chi connectivity index (χ2v) is 8.28. The van der Waals surface area contributed by atoms with Crippen molar-refractivity contribution < 1.29 is 5.11 Å². The van der Waals surface area contributed by atoms with E-state index < -0.39 is 0 Å². The van der Waals surface area contributed by atoms with Gasteiger partial charge < -0.3 is 15.0 Å². The van der Waals surface area contributed by atoms with Crippen molar-refractivity contribution >= 4 is 34.1 Å². The van der Waals surface area contributed by atoms with Crippen LogP contribution in [-0.2, 0) is 13.6 Å². The van der Waals surface area contributed by atoms with Crippen LogP contribution in [0.1, 0.15) is 29.8 Å². The molecule has 4 aromatic rings. The number of benzene rings is 1. The van der Waals surface area contributed by atoms with Gasteiger partial charge in [-0.3, -0.25) is 0 Å². The number of rotatable bonds is 6. The molecule has 0 amide bonds. The Labute approximate surface area is 183 Å². The lowest BCUT2D eigenvalue weighted by Gasteiger charge is -2.14. The first-order chi connectivity index (χ1) is 14.0. The van der Waals surface area contributed by atoms with Crippen molar-refractivity contribution in [3.8, 4) is 11.4 Å². The predicted molar refractivity (Wildman–Crippen MR) is 122 cm³/mol. The molecule has 0 spiro atoms. The largest absolute Gasteiger partial charge is 0.396 e. The van der Waals surface area contributed by atoms with Crippen LogP contribution >= 0.6 is 22.6 Å². The number of nitrogens with one attached hydrogen (secondary N) is 1. The number of halogens is 1. The molecule has 150 valence electrons. The molecule has 2 N–H and O–H groups in total. The minimum Gasteiger partial charge on any atom is -0.396 e. The van der Waals surface area contributed by atoms with Crippen molar-refractivity contribution in [2.75, 3.05) is 11.9 Å². The van der Waals surface area contributed by atoms with E-state index in [4.69, 9.17) is 4.98 Å². The second kappa shape index (κ2) is 8.11. The minimum absolute atomic E-state index is 0.0432. The van der Waals surface area contributed by atoms with Crippen LogP contribution in [0.2, 0.25) is 0 Å². The second-order valence-electron chi connectivity index (χ2n) is 7.20. The van der Waals surface area contributed by atoms with E-state index in [0.29, 0.717) is 6.54 Å². The van der Waals surface area contributed by atoms with Gasteiger partial charge in [-0.05, 0) is 41.1 Å². The summed E-state index contributed by atoms with van der Waals surface area (Å²) in [5.41, 5.74) is 4.82. The molecule has 0 fully saturated rings. The van der Waals surface area contributed by atoms with Gasteiger partial charge in [-0.25, -0.2) is 9.97 Å². The normalized spacial score (nSPS) is 12.4. The maximum absolute atomic E-state index is 9.58. The molecule has 0 aliphatic rings. The van der Waals surface area contributed by atoms with Gasteiger partial charge in [0.05, 0.1) is 21.6 Å². The van der Waals surface area contributed by atoms with Crippen LogP contribution in [0.5, 0.6) is 0 Å². The number of aromatic nitrogens is 5. The number of aryl methyl sites for hydroxylation is 2. The molecule has 7 nitrogen and oxygen atoms in total. The number of hydrogen-bond acceptors (Lipinski definition) is 5. The molecule has 1 unspecified atom stereocenters. The van der Waals surface area contributed by atoms with Gasteiger partial charge in [-0.1, -0.05) is 25.1 Å². The van der Waals surface area contributed by atoms with Crippen LogP contribution < -0.4 is 5.32 Å². The van der Waals surface area contributed by atoms with Crippen molar-refractivity contribution in [3.05, 3.63) is 63.2 Å². The summed E-state index contributed by atoms with van der Waals surface area (Å²) in [6.07, 6.45) is 3.75. The van der Waals surface area contributed by atoms with Gasteiger partial charge in [0, 0.05) is 43.5 Å². The Morgan fingerprint density at radius 3 is 2.83 bits per heavy atom. The zero-order chi connectivity index (χ0) is 20.5. The predicted octanol–water partition coefficient (Wildman–Crippen LogP) is 3.75. The molecule has 4 rings (SSSR count). The van der Waals surface area contributed by atoms with Crippen molar-refractivity contribution in [2.24, 2.45) is 7.05 Å². The zero-order valence-electron chi connectivity index (χ0n) is 16.6. The molecular weight excluding hydrogens is 479 g/mol. The van der Waals surface area contributed by atoms with Gasteiger partial charge in [0.25, 0.3) is 0 Å². The van der Waals surface area contributed by atoms with Gasteiger partial charge in [0.1, 0.15) is 11.6 Å². The summed E-state index contributed by atoms with van der Waals surface area (Å²) in [5, 5.41) is 17.7. The Bertz CT molecular complexity index is 1170. The summed E-state index contributed by atoms with van der Waals surface area (Å²) in [6, 6.07) is 10.3. The Morgan fingerprint density at radius 2 is 2.10 bits per heavy atom. The third-order valence-electron chi connectivity index (χ3n) is 4.97. The molecule has 3 aromatic heterocycles. The monoisotopic (exact) mass is 502 g/mol. The van der Waals surface area contributed by atoms with E-state index in [9.17, 15) is 5.11 Å². The number of nitrogens with zero attached hydrogens (tertiary/aromatic N) is 5. The van der Waals surface area contributed by atoms with Crippen molar-refractivity contribution in [2.45, 2.75) is 26.3 Å². The average molecular weight is 502 g/mol. The van der Waals surface area contributed by atoms with Crippen molar-refractivity contribution in [1.82, 2.24) is 24.1 Å². The first-order valence-electron chi connectivity index (χ1n) is 9.45. The molecule has 0 saturated carbocycles. The van der Waals surface area contributed by atoms with Crippen LogP contribution in [-0.4, -0.2) is 35.9 Å². The maximum Gasteiger partial charge on any atom is 0.171 e. The van der Waals surface area contributed by atoms with Gasteiger partial charge >= 0.3 is 0 Å². The molecule has 1 aromatic carbocycles. The Kier molecular flexibility index (Phi) is 5.55. The number of imidazole rings is 1. The Morgan fingerprint density at radius 1 is 1.28 bits per heavy atom. The number of fused-ring (bicyclic) bond motifs is 1. The van der Waals surface area contributed by atoms with E-state index in [1.54, 1.807) is 6.20 Å². The zero-order valence-corrected chi connectivity index (χ0v) is 18.8. The highest BCUT2D eigenvalue weighted by molar-refractivity contribution is 14.1. The lowest BCUT2D eigenvalue weighted by atomic mass is 10.1. The van der Waals surface area contributed by atoms with E-state index in [-0.39, 0.29) is 12.5 Å². The quantitative estimate of drug-likeness (QED) is 0.393. The van der Waals surface area contributed by atoms with Crippen molar-refractivity contribution in [3.63, 3.8) is 0 Å². The molecule has 3 heterocycles. The summed E-state index contributed by atoms with van der Waals surface area (Å²) in [6.45, 7) is 4.64. The standard InChI is InChI=1S/C21H23IN6O/c1-13(12-29)17-10-18(28-21(25-17)19(22)14(2)26-28)24-11-15-5-4-6-16(9-15)20-23-7-8-27(20)3/h4-10,13,24,29H,11-12H2,1-3H3. The lowest BCUT2D eigenvalue weighted by Crippen LogP contribution is -2.10. The Balaban J connectivity index is 1.66. The summed E-state index contributed by atoms with van der Waals surface area (Å²) in [7, 11) is 1.99. The summed E-state index contributed by atoms with van der Waals surface area (Å²) < 4.78 is 4.87. The molecule has 1 atom stereocenters. The fraction of sp³-hybridized carbons (Fsp3) is 0.286. The highest BCUT2D eigenvalue weighted by Gasteiger charge is 2.16. The maximum atomic E-state index is 9.58. The van der Waals surface area contributed by atoms with Crippen LogP contribution in [0, 0.1) is 10.5 Å². The first kappa shape index (κ1) is 19.8. The van der Waals surface area contributed by atoms with Crippen LogP contribution in [0.3, 0.4) is 0 Å². The molecule has 8 heteroatoms. The van der Waals surface area contributed by atoms with E-state index in [1.165, 1.54) is 0 Å². The highest BCUT2D eigenvalue weighted by atomic mass is 127. The van der Waals surface area contributed by atoms with E-state index in [2.05, 4.69) is 56.2 Å². The summed E-state index contributed by atoms with van der Waals surface area (Å²) in [4.78, 5) is 9.16. The number of aliphatic hydroxyl groups is 1. The molecule has 0 saturated heterocycles. The van der Waals surface area contributed by atoms with E-state index in [1.807, 2.05) is 48.3 Å². The van der Waals surface area contributed by atoms with E-state index in [0.717, 1.165) is 43.4 Å². The number of hydrogen-bond donors (Lipinski definition) is 2. The highest BCUT2D eigenvalue weighted by Crippen LogP contribution is 2.25.